The van der Waals surface area contributed by atoms with Crippen LogP contribution in [0, 0.1) is 5.92 Å². The van der Waals surface area contributed by atoms with E-state index < -0.39 is 5.97 Å². The Bertz CT molecular complexity index is 672. The molecule has 1 aromatic heterocycles. The van der Waals surface area contributed by atoms with Crippen LogP contribution in [0.3, 0.4) is 0 Å². The molecule has 110 valence electrons. The van der Waals surface area contributed by atoms with Crippen LogP contribution < -0.4 is 0 Å². The van der Waals surface area contributed by atoms with Gasteiger partial charge in [-0.25, -0.2) is 0 Å². The molecule has 0 bridgehead atoms. The van der Waals surface area contributed by atoms with E-state index in [-0.39, 0.29) is 18.2 Å². The number of nitrogens with one attached hydrogen (secondary N) is 1. The number of fused-ring (bicyclic) bond motifs is 1. The lowest BCUT2D eigenvalue weighted by Gasteiger charge is -2.31. The summed E-state index contributed by atoms with van der Waals surface area (Å²) in [7, 11) is 0. The standard InChI is InChI=1S/C15H17N3O3/c19-14(20)7-10-3-5-18(6-4-10)15(21)11-1-2-13-12(8-11)9-16-17-13/h1-2,8-10H,3-7H2,(H,16,17)(H,19,20). The van der Waals surface area contributed by atoms with Gasteiger partial charge in [-0.3, -0.25) is 14.7 Å². The Balaban J connectivity index is 1.67. The lowest BCUT2D eigenvalue weighted by Crippen LogP contribution is -2.38. The Kier molecular flexibility index (Phi) is 3.60. The van der Waals surface area contributed by atoms with E-state index >= 15 is 0 Å². The summed E-state index contributed by atoms with van der Waals surface area (Å²) in [6.45, 7) is 1.25. The van der Waals surface area contributed by atoms with Crippen LogP contribution in [0.25, 0.3) is 10.9 Å². The normalized spacial score (nSPS) is 16.3. The van der Waals surface area contributed by atoms with E-state index in [1.165, 1.54) is 0 Å². The van der Waals surface area contributed by atoms with E-state index in [1.54, 1.807) is 17.2 Å². The average Bonchev–Trinajstić information content (AvgIpc) is 2.94. The minimum Gasteiger partial charge on any atom is -0.481 e. The summed E-state index contributed by atoms with van der Waals surface area (Å²) in [5, 5.41) is 16.5. The predicted molar refractivity (Wildman–Crippen MR) is 77.0 cm³/mol. The Morgan fingerprint density at radius 3 is 2.81 bits per heavy atom. The largest absolute Gasteiger partial charge is 0.481 e. The third-order valence-corrected chi connectivity index (χ3v) is 4.05. The zero-order chi connectivity index (χ0) is 14.8. The minimum absolute atomic E-state index is 0.00637. The number of carboxylic acids is 1. The molecule has 0 radical (unpaired) electrons. The van der Waals surface area contributed by atoms with Gasteiger partial charge >= 0.3 is 5.97 Å². The first-order chi connectivity index (χ1) is 10.1. The number of rotatable bonds is 3. The van der Waals surface area contributed by atoms with Crippen LogP contribution in [0.1, 0.15) is 29.6 Å². The van der Waals surface area contributed by atoms with E-state index in [1.807, 2.05) is 12.1 Å². The van der Waals surface area contributed by atoms with Crippen LogP contribution in [-0.2, 0) is 4.79 Å². The van der Waals surface area contributed by atoms with E-state index in [9.17, 15) is 9.59 Å². The molecular formula is C15H17N3O3. The number of aromatic amines is 1. The molecule has 21 heavy (non-hydrogen) atoms. The number of carbonyl (C=O) groups is 2. The van der Waals surface area contributed by atoms with Crippen molar-refractivity contribution in [3.8, 4) is 0 Å². The van der Waals surface area contributed by atoms with Crippen molar-refractivity contribution in [3.63, 3.8) is 0 Å². The van der Waals surface area contributed by atoms with Crippen molar-refractivity contribution in [1.29, 1.82) is 0 Å². The van der Waals surface area contributed by atoms with Crippen LogP contribution in [0.2, 0.25) is 0 Å². The maximum absolute atomic E-state index is 12.5. The van der Waals surface area contributed by atoms with Crippen molar-refractivity contribution in [2.45, 2.75) is 19.3 Å². The van der Waals surface area contributed by atoms with Crippen molar-refractivity contribution in [2.24, 2.45) is 5.92 Å². The van der Waals surface area contributed by atoms with E-state index in [2.05, 4.69) is 10.2 Å². The Hall–Kier alpha value is -2.37. The quantitative estimate of drug-likeness (QED) is 0.902. The minimum atomic E-state index is -0.759. The fraction of sp³-hybridized carbons (Fsp3) is 0.400. The number of piperidine rings is 1. The number of aromatic nitrogens is 2. The lowest BCUT2D eigenvalue weighted by atomic mass is 9.93. The van der Waals surface area contributed by atoms with Gasteiger partial charge in [-0.05, 0) is 37.0 Å². The molecule has 0 aliphatic carbocycles. The molecule has 1 saturated heterocycles. The van der Waals surface area contributed by atoms with Crippen molar-refractivity contribution >= 4 is 22.8 Å². The van der Waals surface area contributed by atoms with Crippen molar-refractivity contribution in [2.75, 3.05) is 13.1 Å². The van der Waals surface area contributed by atoms with Crippen molar-refractivity contribution < 1.29 is 14.7 Å². The molecule has 2 N–H and O–H groups in total. The number of carbonyl (C=O) groups excluding carboxylic acids is 1. The first-order valence-corrected chi connectivity index (χ1v) is 7.07. The molecule has 0 atom stereocenters. The van der Waals surface area contributed by atoms with Gasteiger partial charge in [-0.1, -0.05) is 0 Å². The second-order valence-corrected chi connectivity index (χ2v) is 5.51. The summed E-state index contributed by atoms with van der Waals surface area (Å²) in [5.41, 5.74) is 1.56. The van der Waals surface area contributed by atoms with Crippen molar-refractivity contribution in [1.82, 2.24) is 15.1 Å². The van der Waals surface area contributed by atoms with Gasteiger partial charge in [0.05, 0.1) is 11.7 Å². The van der Waals surface area contributed by atoms with E-state index in [4.69, 9.17) is 5.11 Å². The second kappa shape index (κ2) is 5.55. The van der Waals surface area contributed by atoms with E-state index in [0.717, 1.165) is 23.7 Å². The molecule has 1 amide bonds. The number of nitrogens with zero attached hydrogens (tertiary/aromatic N) is 2. The van der Waals surface area contributed by atoms with Gasteiger partial charge in [0.15, 0.2) is 0 Å². The highest BCUT2D eigenvalue weighted by Gasteiger charge is 2.25. The Morgan fingerprint density at radius 2 is 2.10 bits per heavy atom. The summed E-state index contributed by atoms with van der Waals surface area (Å²) in [6.07, 6.45) is 3.41. The molecule has 0 spiro atoms. The number of H-pyrrole nitrogens is 1. The highest BCUT2D eigenvalue weighted by Crippen LogP contribution is 2.22. The van der Waals surface area contributed by atoms with Gasteiger partial charge in [0.25, 0.3) is 5.91 Å². The maximum atomic E-state index is 12.5. The van der Waals surface area contributed by atoms with E-state index in [0.29, 0.717) is 18.7 Å². The molecule has 0 unspecified atom stereocenters. The van der Waals surface area contributed by atoms with Gasteiger partial charge in [0.1, 0.15) is 0 Å². The number of carboxylic acid groups (broad SMARTS) is 1. The Morgan fingerprint density at radius 1 is 1.33 bits per heavy atom. The van der Waals surface area contributed by atoms with Crippen LogP contribution in [0.5, 0.6) is 0 Å². The van der Waals surface area contributed by atoms with Crippen LogP contribution in [0.15, 0.2) is 24.4 Å². The molecule has 1 fully saturated rings. The molecule has 1 aromatic carbocycles. The number of likely N-dealkylation sites (tertiary alicyclic amines) is 1. The molecule has 1 aliphatic rings. The molecule has 2 aromatic rings. The average molecular weight is 287 g/mol. The number of aliphatic carboxylic acids is 1. The smallest absolute Gasteiger partial charge is 0.303 e. The lowest BCUT2D eigenvalue weighted by molar-refractivity contribution is -0.138. The monoisotopic (exact) mass is 287 g/mol. The fourth-order valence-corrected chi connectivity index (χ4v) is 2.85. The molecule has 3 rings (SSSR count). The molecule has 1 aliphatic heterocycles. The number of amides is 1. The molecule has 6 nitrogen and oxygen atoms in total. The first kappa shape index (κ1) is 13.6. The van der Waals surface area contributed by atoms with Crippen LogP contribution in [-0.4, -0.2) is 45.2 Å². The summed E-state index contributed by atoms with van der Waals surface area (Å²) in [4.78, 5) is 25.0. The number of benzene rings is 1. The SMILES string of the molecule is O=C(O)CC1CCN(C(=O)c2ccc3[nH]ncc3c2)CC1. The maximum Gasteiger partial charge on any atom is 0.303 e. The van der Waals surface area contributed by atoms with Crippen molar-refractivity contribution in [3.05, 3.63) is 30.0 Å². The summed E-state index contributed by atoms with van der Waals surface area (Å²) < 4.78 is 0. The van der Waals surface area contributed by atoms with Gasteiger partial charge in [0.2, 0.25) is 0 Å². The van der Waals surface area contributed by atoms with Gasteiger partial charge in [0, 0.05) is 30.5 Å². The zero-order valence-corrected chi connectivity index (χ0v) is 11.6. The number of hydrogen-bond acceptors (Lipinski definition) is 3. The number of hydrogen-bond donors (Lipinski definition) is 2. The molecular weight excluding hydrogens is 270 g/mol. The van der Waals surface area contributed by atoms with Crippen LogP contribution >= 0.6 is 0 Å². The van der Waals surface area contributed by atoms with Gasteiger partial charge < -0.3 is 10.0 Å². The van der Waals surface area contributed by atoms with Gasteiger partial charge in [-0.15, -0.1) is 0 Å². The second-order valence-electron chi connectivity index (χ2n) is 5.51. The van der Waals surface area contributed by atoms with Crippen LogP contribution in [0.4, 0.5) is 0 Å². The third kappa shape index (κ3) is 2.89. The summed E-state index contributed by atoms with van der Waals surface area (Å²) in [6, 6.07) is 5.49. The fourth-order valence-electron chi connectivity index (χ4n) is 2.85. The Labute approximate surface area is 121 Å². The summed E-state index contributed by atoms with van der Waals surface area (Å²) >= 11 is 0. The molecule has 0 saturated carbocycles. The molecule has 2 heterocycles. The highest BCUT2D eigenvalue weighted by molar-refractivity contribution is 5.97. The third-order valence-electron chi connectivity index (χ3n) is 4.05. The predicted octanol–water partition coefficient (Wildman–Crippen LogP) is 1.89. The highest BCUT2D eigenvalue weighted by atomic mass is 16.4. The van der Waals surface area contributed by atoms with Gasteiger partial charge in [-0.2, -0.15) is 5.10 Å². The first-order valence-electron chi connectivity index (χ1n) is 7.07. The topological polar surface area (TPSA) is 86.3 Å². The zero-order valence-electron chi connectivity index (χ0n) is 11.6. The summed E-state index contributed by atoms with van der Waals surface area (Å²) in [5.74, 6) is -0.569. The molecule has 6 heteroatoms.